The fourth-order valence-electron chi connectivity index (χ4n) is 3.43. The van der Waals surface area contributed by atoms with E-state index in [4.69, 9.17) is 0 Å². The fraction of sp³-hybridized carbons (Fsp3) is 0.550. The van der Waals surface area contributed by atoms with Gasteiger partial charge in [-0.1, -0.05) is 30.8 Å². The average Bonchev–Trinajstić information content (AvgIpc) is 3.46. The maximum atomic E-state index is 12.9. The van der Waals surface area contributed by atoms with Crippen LogP contribution in [0, 0.1) is 11.7 Å². The molecule has 0 atom stereocenters. The molecule has 0 radical (unpaired) electrons. The second-order valence-corrected chi connectivity index (χ2v) is 8.69. The highest BCUT2D eigenvalue weighted by molar-refractivity contribution is 7.99. The standard InChI is InChI=1S/C20H26FN5OS/c1-14-8-10-25(11-9-14)19-23-24-20(26(19)17-6-7-17)28-13-18(27)22-12-15-2-4-16(21)5-3-15/h2-5,14,17H,6-13H2,1H3,(H,22,27). The van der Waals surface area contributed by atoms with Crippen LogP contribution in [-0.2, 0) is 11.3 Å². The molecule has 1 aliphatic heterocycles. The van der Waals surface area contributed by atoms with Crippen LogP contribution in [0.3, 0.4) is 0 Å². The van der Waals surface area contributed by atoms with Crippen LogP contribution < -0.4 is 10.2 Å². The summed E-state index contributed by atoms with van der Waals surface area (Å²) in [6, 6.07) is 6.62. The summed E-state index contributed by atoms with van der Waals surface area (Å²) >= 11 is 1.44. The second-order valence-electron chi connectivity index (χ2n) is 7.75. The maximum absolute atomic E-state index is 12.9. The quantitative estimate of drug-likeness (QED) is 0.718. The van der Waals surface area contributed by atoms with Gasteiger partial charge in [-0.2, -0.15) is 0 Å². The van der Waals surface area contributed by atoms with Crippen molar-refractivity contribution < 1.29 is 9.18 Å². The van der Waals surface area contributed by atoms with Crippen molar-refractivity contribution in [3.63, 3.8) is 0 Å². The lowest BCUT2D eigenvalue weighted by atomic mass is 10.00. The number of anilines is 1. The van der Waals surface area contributed by atoms with E-state index in [0.717, 1.165) is 48.5 Å². The van der Waals surface area contributed by atoms with Crippen molar-refractivity contribution in [1.82, 2.24) is 20.1 Å². The number of aromatic nitrogens is 3. The second kappa shape index (κ2) is 8.51. The van der Waals surface area contributed by atoms with Gasteiger partial charge in [0.2, 0.25) is 11.9 Å². The van der Waals surface area contributed by atoms with Crippen LogP contribution in [0.1, 0.15) is 44.2 Å². The van der Waals surface area contributed by atoms with Gasteiger partial charge in [-0.15, -0.1) is 10.2 Å². The van der Waals surface area contributed by atoms with Crippen molar-refractivity contribution >= 4 is 23.6 Å². The minimum absolute atomic E-state index is 0.0620. The summed E-state index contributed by atoms with van der Waals surface area (Å²) in [4.78, 5) is 14.6. The first kappa shape index (κ1) is 19.2. The Morgan fingerprint density at radius 1 is 1.18 bits per heavy atom. The van der Waals surface area contributed by atoms with Crippen molar-refractivity contribution in [2.75, 3.05) is 23.7 Å². The van der Waals surface area contributed by atoms with Crippen LogP contribution in [0.5, 0.6) is 0 Å². The summed E-state index contributed by atoms with van der Waals surface area (Å²) in [5, 5.41) is 12.5. The van der Waals surface area contributed by atoms with E-state index < -0.39 is 0 Å². The lowest BCUT2D eigenvalue weighted by Gasteiger charge is -2.31. The Labute approximate surface area is 168 Å². The summed E-state index contributed by atoms with van der Waals surface area (Å²) in [6.07, 6.45) is 4.68. The molecule has 0 bridgehead atoms. The van der Waals surface area contributed by atoms with Crippen LogP contribution in [-0.4, -0.2) is 39.5 Å². The first-order valence-electron chi connectivity index (χ1n) is 9.94. The number of hydrogen-bond acceptors (Lipinski definition) is 5. The van der Waals surface area contributed by atoms with Crippen molar-refractivity contribution in [2.24, 2.45) is 5.92 Å². The molecule has 1 saturated carbocycles. The zero-order chi connectivity index (χ0) is 19.5. The summed E-state index contributed by atoms with van der Waals surface area (Å²) in [7, 11) is 0. The van der Waals surface area contributed by atoms with Crippen molar-refractivity contribution in [2.45, 2.75) is 50.4 Å². The van der Waals surface area contributed by atoms with Gasteiger partial charge in [-0.05, 0) is 49.3 Å². The topological polar surface area (TPSA) is 63.1 Å². The molecule has 1 aromatic heterocycles. The Balaban J connectivity index is 1.34. The predicted molar refractivity (Wildman–Crippen MR) is 108 cm³/mol. The van der Waals surface area contributed by atoms with E-state index in [1.807, 2.05) is 0 Å². The number of carbonyl (C=O) groups excluding carboxylic acids is 1. The monoisotopic (exact) mass is 403 g/mol. The van der Waals surface area contributed by atoms with Gasteiger partial charge in [-0.3, -0.25) is 9.36 Å². The normalized spacial score (nSPS) is 17.7. The minimum Gasteiger partial charge on any atom is -0.351 e. The van der Waals surface area contributed by atoms with Gasteiger partial charge >= 0.3 is 0 Å². The number of carbonyl (C=O) groups is 1. The van der Waals surface area contributed by atoms with Crippen molar-refractivity contribution in [3.05, 3.63) is 35.6 Å². The number of benzene rings is 1. The first-order valence-corrected chi connectivity index (χ1v) is 10.9. The van der Waals surface area contributed by atoms with Crippen LogP contribution in [0.2, 0.25) is 0 Å². The van der Waals surface area contributed by atoms with Gasteiger partial charge < -0.3 is 10.2 Å². The summed E-state index contributed by atoms with van der Waals surface area (Å²) in [6.45, 7) is 4.74. The van der Waals surface area contributed by atoms with E-state index in [1.165, 1.54) is 36.7 Å². The Bertz CT molecular complexity index is 813. The minimum atomic E-state index is -0.274. The van der Waals surface area contributed by atoms with Gasteiger partial charge in [0.05, 0.1) is 5.75 Å². The molecule has 2 fully saturated rings. The molecular weight excluding hydrogens is 377 g/mol. The molecule has 2 aliphatic rings. The van der Waals surface area contributed by atoms with Gasteiger partial charge in [0.25, 0.3) is 0 Å². The molecule has 1 aliphatic carbocycles. The molecule has 28 heavy (non-hydrogen) atoms. The van der Waals surface area contributed by atoms with Crippen LogP contribution >= 0.6 is 11.8 Å². The summed E-state index contributed by atoms with van der Waals surface area (Å²) in [5.41, 5.74) is 0.877. The largest absolute Gasteiger partial charge is 0.351 e. The van der Waals surface area contributed by atoms with Crippen molar-refractivity contribution in [1.29, 1.82) is 0 Å². The zero-order valence-corrected chi connectivity index (χ0v) is 16.9. The van der Waals surface area contributed by atoms with Gasteiger partial charge in [-0.25, -0.2) is 4.39 Å². The summed E-state index contributed by atoms with van der Waals surface area (Å²) in [5.74, 6) is 1.69. The number of rotatable bonds is 7. The molecule has 1 saturated heterocycles. The third-order valence-corrected chi connectivity index (χ3v) is 6.30. The number of thioether (sulfide) groups is 1. The number of halogens is 1. The first-order chi connectivity index (χ1) is 13.6. The average molecular weight is 404 g/mol. The van der Waals surface area contributed by atoms with E-state index in [-0.39, 0.29) is 11.7 Å². The highest BCUT2D eigenvalue weighted by atomic mass is 32.2. The number of nitrogens with zero attached hydrogens (tertiary/aromatic N) is 4. The third-order valence-electron chi connectivity index (χ3n) is 5.36. The Morgan fingerprint density at radius 2 is 1.89 bits per heavy atom. The SMILES string of the molecule is CC1CCN(c2nnc(SCC(=O)NCc3ccc(F)cc3)n2C2CC2)CC1. The highest BCUT2D eigenvalue weighted by Gasteiger charge is 2.32. The molecule has 0 spiro atoms. The highest BCUT2D eigenvalue weighted by Crippen LogP contribution is 2.41. The van der Waals surface area contributed by atoms with E-state index >= 15 is 0 Å². The van der Waals surface area contributed by atoms with Crippen LogP contribution in [0.25, 0.3) is 0 Å². The maximum Gasteiger partial charge on any atom is 0.230 e. The van der Waals surface area contributed by atoms with E-state index in [2.05, 4.69) is 31.9 Å². The number of nitrogens with one attached hydrogen (secondary N) is 1. The number of hydrogen-bond donors (Lipinski definition) is 1. The Morgan fingerprint density at radius 3 is 2.57 bits per heavy atom. The van der Waals surface area contributed by atoms with Crippen molar-refractivity contribution in [3.8, 4) is 0 Å². The van der Waals surface area contributed by atoms with Gasteiger partial charge in [0.1, 0.15) is 5.82 Å². The molecule has 1 N–H and O–H groups in total. The Kier molecular flexibility index (Phi) is 5.85. The molecule has 2 heterocycles. The molecule has 2 aromatic rings. The van der Waals surface area contributed by atoms with Gasteiger partial charge in [0, 0.05) is 25.7 Å². The van der Waals surface area contributed by atoms with Crippen LogP contribution in [0.15, 0.2) is 29.4 Å². The molecule has 6 nitrogen and oxygen atoms in total. The zero-order valence-electron chi connectivity index (χ0n) is 16.1. The molecule has 4 rings (SSSR count). The van der Waals surface area contributed by atoms with E-state index in [0.29, 0.717) is 18.3 Å². The predicted octanol–water partition coefficient (Wildman–Crippen LogP) is 3.40. The molecule has 150 valence electrons. The number of amides is 1. The molecule has 0 unspecified atom stereocenters. The van der Waals surface area contributed by atoms with Crippen LogP contribution in [0.4, 0.5) is 10.3 Å². The Hall–Kier alpha value is -2.09. The molecule has 1 aromatic carbocycles. The smallest absolute Gasteiger partial charge is 0.230 e. The number of piperidine rings is 1. The molecule has 8 heteroatoms. The van der Waals surface area contributed by atoms with E-state index in [1.54, 1.807) is 12.1 Å². The third kappa shape index (κ3) is 4.66. The molecule has 1 amide bonds. The molecular formula is C20H26FN5OS. The fourth-order valence-corrected chi connectivity index (χ4v) is 4.26. The lowest BCUT2D eigenvalue weighted by molar-refractivity contribution is -0.118. The van der Waals surface area contributed by atoms with Gasteiger partial charge in [0.15, 0.2) is 5.16 Å². The lowest BCUT2D eigenvalue weighted by Crippen LogP contribution is -2.34. The van der Waals surface area contributed by atoms with E-state index in [9.17, 15) is 9.18 Å². The summed E-state index contributed by atoms with van der Waals surface area (Å²) < 4.78 is 15.2.